The lowest BCUT2D eigenvalue weighted by molar-refractivity contribution is 0.0698. The minimum atomic E-state index is -0.955. The van der Waals surface area contributed by atoms with Gasteiger partial charge in [0.05, 0.1) is 5.56 Å². The van der Waals surface area contributed by atoms with E-state index in [1.807, 2.05) is 0 Å². The second kappa shape index (κ2) is 5.58. The third-order valence-electron chi connectivity index (χ3n) is 3.47. The Balaban J connectivity index is 1.65. The van der Waals surface area contributed by atoms with Crippen LogP contribution in [0.25, 0.3) is 11.0 Å². The van der Waals surface area contributed by atoms with E-state index in [0.717, 1.165) is 18.9 Å². The van der Waals surface area contributed by atoms with Crippen molar-refractivity contribution >= 4 is 17.0 Å². The first-order chi connectivity index (χ1) is 9.75. The highest BCUT2D eigenvalue weighted by Gasteiger charge is 2.21. The summed E-state index contributed by atoms with van der Waals surface area (Å²) >= 11 is 0. The van der Waals surface area contributed by atoms with E-state index in [2.05, 4.69) is 10.3 Å². The van der Waals surface area contributed by atoms with Gasteiger partial charge in [0.15, 0.2) is 0 Å². The highest BCUT2D eigenvalue weighted by Crippen LogP contribution is 2.28. The van der Waals surface area contributed by atoms with Gasteiger partial charge in [0, 0.05) is 19.8 Å². The number of aromatic carboxylic acids is 1. The lowest BCUT2D eigenvalue weighted by Crippen LogP contribution is -2.08. The van der Waals surface area contributed by atoms with Crippen LogP contribution in [0.2, 0.25) is 0 Å². The van der Waals surface area contributed by atoms with Gasteiger partial charge in [-0.1, -0.05) is 11.3 Å². The van der Waals surface area contributed by atoms with E-state index in [4.69, 9.17) is 4.74 Å². The lowest BCUT2D eigenvalue weighted by atomic mass is 10.2. The Labute approximate surface area is 116 Å². The molecule has 1 aromatic carbocycles. The molecule has 0 bridgehead atoms. The molecule has 1 aromatic heterocycles. The van der Waals surface area contributed by atoms with Crippen molar-refractivity contribution in [1.29, 1.82) is 0 Å². The van der Waals surface area contributed by atoms with Crippen molar-refractivity contribution in [2.24, 2.45) is 5.92 Å². The van der Waals surface area contributed by atoms with Gasteiger partial charge in [0.2, 0.25) is 0 Å². The van der Waals surface area contributed by atoms with E-state index in [1.54, 1.807) is 22.9 Å². The van der Waals surface area contributed by atoms with E-state index >= 15 is 0 Å². The number of fused-ring (bicyclic) bond motifs is 1. The molecule has 6 nitrogen and oxygen atoms in total. The standard InChI is InChI=1S/C14H17N3O3/c18-14(19)11-3-1-4-12-13(11)17(16-15-12)7-2-8-20-9-10-5-6-10/h1,3-4,10H,2,5-9H2,(H,18,19). The van der Waals surface area contributed by atoms with Crippen LogP contribution in [0.5, 0.6) is 0 Å². The first-order valence-electron chi connectivity index (χ1n) is 6.89. The fourth-order valence-corrected chi connectivity index (χ4v) is 2.21. The molecule has 0 aliphatic heterocycles. The zero-order valence-electron chi connectivity index (χ0n) is 11.2. The molecule has 1 saturated carbocycles. The molecule has 0 spiro atoms. The van der Waals surface area contributed by atoms with Crippen LogP contribution in [-0.2, 0) is 11.3 Å². The fraction of sp³-hybridized carbons (Fsp3) is 0.500. The van der Waals surface area contributed by atoms with Crippen LogP contribution in [-0.4, -0.2) is 39.3 Å². The SMILES string of the molecule is O=C(O)c1cccc2nnn(CCCOCC3CC3)c12. The van der Waals surface area contributed by atoms with Crippen LogP contribution in [0.15, 0.2) is 18.2 Å². The maximum absolute atomic E-state index is 11.2. The number of hydrogen-bond acceptors (Lipinski definition) is 4. The lowest BCUT2D eigenvalue weighted by Gasteiger charge is -2.05. The molecule has 0 amide bonds. The molecule has 1 aliphatic carbocycles. The predicted octanol–water partition coefficient (Wildman–Crippen LogP) is 1.95. The minimum Gasteiger partial charge on any atom is -0.478 e. The molecule has 2 aromatic rings. The zero-order chi connectivity index (χ0) is 13.9. The van der Waals surface area contributed by atoms with Crippen molar-refractivity contribution in [2.75, 3.05) is 13.2 Å². The summed E-state index contributed by atoms with van der Waals surface area (Å²) in [6.45, 7) is 2.14. The first-order valence-corrected chi connectivity index (χ1v) is 6.89. The Morgan fingerprint density at radius 3 is 3.05 bits per heavy atom. The van der Waals surface area contributed by atoms with Crippen molar-refractivity contribution < 1.29 is 14.6 Å². The average Bonchev–Trinajstić information content (AvgIpc) is 3.17. The van der Waals surface area contributed by atoms with Crippen molar-refractivity contribution in [3.05, 3.63) is 23.8 Å². The minimum absolute atomic E-state index is 0.242. The number of rotatable bonds is 7. The summed E-state index contributed by atoms with van der Waals surface area (Å²) in [5, 5.41) is 17.2. The second-order valence-electron chi connectivity index (χ2n) is 5.16. The van der Waals surface area contributed by atoms with E-state index in [-0.39, 0.29) is 5.56 Å². The number of carboxylic acids is 1. The summed E-state index contributed by atoms with van der Waals surface area (Å²) in [6.07, 6.45) is 3.38. The molecule has 0 saturated heterocycles. The van der Waals surface area contributed by atoms with Crippen LogP contribution in [0.1, 0.15) is 29.6 Å². The van der Waals surface area contributed by atoms with Gasteiger partial charge in [0.25, 0.3) is 0 Å². The maximum Gasteiger partial charge on any atom is 0.337 e. The highest BCUT2D eigenvalue weighted by molar-refractivity contribution is 6.00. The Bertz CT molecular complexity index is 619. The normalized spacial score (nSPS) is 14.8. The molecule has 3 rings (SSSR count). The van der Waals surface area contributed by atoms with Gasteiger partial charge >= 0.3 is 5.97 Å². The van der Waals surface area contributed by atoms with Gasteiger partial charge in [-0.3, -0.25) is 0 Å². The van der Waals surface area contributed by atoms with Gasteiger partial charge in [-0.15, -0.1) is 5.10 Å². The Morgan fingerprint density at radius 1 is 1.45 bits per heavy atom. The number of carbonyl (C=O) groups is 1. The van der Waals surface area contributed by atoms with Crippen molar-refractivity contribution in [3.8, 4) is 0 Å². The molecule has 20 heavy (non-hydrogen) atoms. The molecule has 0 unspecified atom stereocenters. The molecular formula is C14H17N3O3. The van der Waals surface area contributed by atoms with Gasteiger partial charge in [-0.2, -0.15) is 0 Å². The van der Waals surface area contributed by atoms with Gasteiger partial charge in [-0.25, -0.2) is 9.48 Å². The number of aryl methyl sites for hydroxylation is 1. The topological polar surface area (TPSA) is 77.2 Å². The van der Waals surface area contributed by atoms with E-state index in [1.165, 1.54) is 12.8 Å². The summed E-state index contributed by atoms with van der Waals surface area (Å²) in [5.74, 6) is -0.190. The smallest absolute Gasteiger partial charge is 0.337 e. The number of aromatic nitrogens is 3. The molecule has 6 heteroatoms. The van der Waals surface area contributed by atoms with E-state index < -0.39 is 5.97 Å². The Morgan fingerprint density at radius 2 is 2.30 bits per heavy atom. The van der Waals surface area contributed by atoms with Crippen LogP contribution < -0.4 is 0 Å². The zero-order valence-corrected chi connectivity index (χ0v) is 11.2. The molecule has 1 heterocycles. The molecular weight excluding hydrogens is 258 g/mol. The monoisotopic (exact) mass is 275 g/mol. The first kappa shape index (κ1) is 13.1. The quantitative estimate of drug-likeness (QED) is 0.781. The summed E-state index contributed by atoms with van der Waals surface area (Å²) in [5.41, 5.74) is 1.44. The van der Waals surface area contributed by atoms with Gasteiger partial charge in [-0.05, 0) is 37.3 Å². The number of hydrogen-bond donors (Lipinski definition) is 1. The van der Waals surface area contributed by atoms with Crippen molar-refractivity contribution in [1.82, 2.24) is 15.0 Å². The molecule has 0 atom stereocenters. The molecule has 0 radical (unpaired) electrons. The van der Waals surface area contributed by atoms with Crippen LogP contribution in [0.4, 0.5) is 0 Å². The van der Waals surface area contributed by atoms with Gasteiger partial charge < -0.3 is 9.84 Å². The summed E-state index contributed by atoms with van der Waals surface area (Å²) < 4.78 is 7.22. The maximum atomic E-state index is 11.2. The third kappa shape index (κ3) is 2.80. The molecule has 1 N–H and O–H groups in total. The second-order valence-corrected chi connectivity index (χ2v) is 5.16. The molecule has 1 fully saturated rings. The number of carboxylic acid groups (broad SMARTS) is 1. The predicted molar refractivity (Wildman–Crippen MR) is 72.6 cm³/mol. The van der Waals surface area contributed by atoms with E-state index in [0.29, 0.717) is 24.2 Å². The Kier molecular flexibility index (Phi) is 3.64. The third-order valence-corrected chi connectivity index (χ3v) is 3.47. The fourth-order valence-electron chi connectivity index (χ4n) is 2.21. The van der Waals surface area contributed by atoms with E-state index in [9.17, 15) is 9.90 Å². The molecule has 106 valence electrons. The summed E-state index contributed by atoms with van der Waals surface area (Å²) in [7, 11) is 0. The van der Waals surface area contributed by atoms with Gasteiger partial charge in [0.1, 0.15) is 11.0 Å². The van der Waals surface area contributed by atoms with Crippen molar-refractivity contribution in [3.63, 3.8) is 0 Å². The summed E-state index contributed by atoms with van der Waals surface area (Å²) in [4.78, 5) is 11.2. The number of para-hydroxylation sites is 1. The van der Waals surface area contributed by atoms with Crippen LogP contribution >= 0.6 is 0 Å². The average molecular weight is 275 g/mol. The van der Waals surface area contributed by atoms with Crippen molar-refractivity contribution in [2.45, 2.75) is 25.8 Å². The Hall–Kier alpha value is -1.95. The number of ether oxygens (including phenoxy) is 1. The number of nitrogens with zero attached hydrogens (tertiary/aromatic N) is 3. The highest BCUT2D eigenvalue weighted by atomic mass is 16.5. The largest absolute Gasteiger partial charge is 0.478 e. The molecule has 1 aliphatic rings. The van der Waals surface area contributed by atoms with Crippen LogP contribution in [0.3, 0.4) is 0 Å². The summed E-state index contributed by atoms with van der Waals surface area (Å²) in [6, 6.07) is 5.03. The van der Waals surface area contributed by atoms with Crippen LogP contribution in [0, 0.1) is 5.92 Å². The number of benzene rings is 1.